The summed E-state index contributed by atoms with van der Waals surface area (Å²) in [6, 6.07) is 8.35. The molecule has 4 nitrogen and oxygen atoms in total. The molecule has 1 aromatic rings. The van der Waals surface area contributed by atoms with Crippen LogP contribution in [0.25, 0.3) is 0 Å². The molecule has 1 aromatic carbocycles. The zero-order valence-electron chi connectivity index (χ0n) is 13.5. The minimum Gasteiger partial charge on any atom is -0.489 e. The molecular formula is C17H27N3O. The van der Waals surface area contributed by atoms with Crippen LogP contribution in [0, 0.1) is 5.92 Å². The van der Waals surface area contributed by atoms with Gasteiger partial charge in [-0.3, -0.25) is 4.99 Å². The lowest BCUT2D eigenvalue weighted by Crippen LogP contribution is -2.43. The molecule has 1 rings (SSSR count). The van der Waals surface area contributed by atoms with Crippen molar-refractivity contribution in [3.8, 4) is 5.75 Å². The number of nitrogens with zero attached hydrogens (tertiary/aromatic N) is 1. The molecule has 1 unspecified atom stereocenters. The summed E-state index contributed by atoms with van der Waals surface area (Å²) in [5.41, 5.74) is 1.10. The van der Waals surface area contributed by atoms with E-state index in [0.717, 1.165) is 17.3 Å². The highest BCUT2D eigenvalue weighted by Gasteiger charge is 2.09. The van der Waals surface area contributed by atoms with Crippen LogP contribution in [0.1, 0.15) is 26.3 Å². The Bertz CT molecular complexity index is 469. The van der Waals surface area contributed by atoms with Gasteiger partial charge in [0.25, 0.3) is 0 Å². The molecule has 0 aliphatic rings. The topological polar surface area (TPSA) is 45.6 Å². The molecular weight excluding hydrogens is 262 g/mol. The van der Waals surface area contributed by atoms with Crippen LogP contribution in [0.5, 0.6) is 5.75 Å². The van der Waals surface area contributed by atoms with Gasteiger partial charge in [-0.2, -0.15) is 0 Å². The third kappa shape index (κ3) is 5.90. The quantitative estimate of drug-likeness (QED) is 0.461. The molecule has 1 atom stereocenters. The summed E-state index contributed by atoms with van der Waals surface area (Å²) in [6.45, 7) is 11.4. The number of hydrogen-bond donors (Lipinski definition) is 2. The normalized spacial score (nSPS) is 12.9. The lowest BCUT2D eigenvalue weighted by atomic mass is 10.1. The van der Waals surface area contributed by atoms with Crippen LogP contribution in [0.15, 0.2) is 41.9 Å². The summed E-state index contributed by atoms with van der Waals surface area (Å²) in [5.74, 6) is 2.22. The maximum atomic E-state index is 5.65. The van der Waals surface area contributed by atoms with Gasteiger partial charge in [-0.25, -0.2) is 0 Å². The summed E-state index contributed by atoms with van der Waals surface area (Å²) in [5, 5.41) is 6.70. The average Bonchev–Trinajstić information content (AvgIpc) is 2.49. The van der Waals surface area contributed by atoms with E-state index in [4.69, 9.17) is 4.74 Å². The van der Waals surface area contributed by atoms with E-state index in [1.54, 1.807) is 13.1 Å². The molecule has 0 aliphatic carbocycles. The molecule has 0 amide bonds. The van der Waals surface area contributed by atoms with Crippen LogP contribution in [0.4, 0.5) is 0 Å². The molecule has 0 saturated heterocycles. The van der Waals surface area contributed by atoms with Crippen molar-refractivity contribution in [3.63, 3.8) is 0 Å². The summed E-state index contributed by atoms with van der Waals surface area (Å²) in [7, 11) is 1.78. The van der Waals surface area contributed by atoms with E-state index < -0.39 is 0 Å². The first-order valence-electron chi connectivity index (χ1n) is 7.37. The van der Waals surface area contributed by atoms with E-state index >= 15 is 0 Å². The van der Waals surface area contributed by atoms with Gasteiger partial charge in [0.2, 0.25) is 0 Å². The Hall–Kier alpha value is -1.97. The number of aliphatic imine (C=N–C) groups is 1. The minimum atomic E-state index is 0.364. The van der Waals surface area contributed by atoms with Gasteiger partial charge in [0.05, 0.1) is 0 Å². The van der Waals surface area contributed by atoms with Crippen molar-refractivity contribution in [1.29, 1.82) is 0 Å². The highest BCUT2D eigenvalue weighted by molar-refractivity contribution is 5.80. The van der Waals surface area contributed by atoms with Crippen molar-refractivity contribution in [2.75, 3.05) is 13.7 Å². The molecule has 0 bridgehead atoms. The van der Waals surface area contributed by atoms with Crippen LogP contribution in [0.2, 0.25) is 0 Å². The highest BCUT2D eigenvalue weighted by atomic mass is 16.5. The molecule has 0 heterocycles. The number of para-hydroxylation sites is 1. The number of benzene rings is 1. The standard InChI is InChI=1S/C17H27N3O/c1-6-11-21-16-10-8-7-9-15(16)12-19-17(18-5)20-14(4)13(2)3/h6-10,13-14H,1,11-12H2,2-5H3,(H2,18,19,20). The van der Waals surface area contributed by atoms with Crippen molar-refractivity contribution in [3.05, 3.63) is 42.5 Å². The second-order valence-corrected chi connectivity index (χ2v) is 5.31. The Labute approximate surface area is 128 Å². The maximum absolute atomic E-state index is 5.65. The van der Waals surface area contributed by atoms with Crippen molar-refractivity contribution >= 4 is 5.96 Å². The Morgan fingerprint density at radius 1 is 1.33 bits per heavy atom. The number of guanidine groups is 1. The predicted octanol–water partition coefficient (Wildman–Crippen LogP) is 2.96. The van der Waals surface area contributed by atoms with E-state index in [9.17, 15) is 0 Å². The van der Waals surface area contributed by atoms with Gasteiger partial charge in [0, 0.05) is 25.2 Å². The lowest BCUT2D eigenvalue weighted by molar-refractivity contribution is 0.358. The Morgan fingerprint density at radius 2 is 2.05 bits per heavy atom. The zero-order valence-corrected chi connectivity index (χ0v) is 13.5. The monoisotopic (exact) mass is 289 g/mol. The number of nitrogens with one attached hydrogen (secondary N) is 2. The Balaban J connectivity index is 2.62. The van der Waals surface area contributed by atoms with Crippen LogP contribution in [-0.2, 0) is 6.54 Å². The molecule has 0 fully saturated rings. The Kier molecular flexibility index (Phi) is 7.37. The zero-order chi connectivity index (χ0) is 15.7. The molecule has 21 heavy (non-hydrogen) atoms. The third-order valence-corrected chi connectivity index (χ3v) is 3.36. The molecule has 0 spiro atoms. The summed E-state index contributed by atoms with van der Waals surface area (Å²) >= 11 is 0. The summed E-state index contributed by atoms with van der Waals surface area (Å²) in [6.07, 6.45) is 1.75. The SMILES string of the molecule is C=CCOc1ccccc1CNC(=NC)NC(C)C(C)C. The fourth-order valence-electron chi connectivity index (χ4n) is 1.70. The molecule has 0 saturated carbocycles. The largest absolute Gasteiger partial charge is 0.489 e. The fraction of sp³-hybridized carbons (Fsp3) is 0.471. The molecule has 2 N–H and O–H groups in total. The van der Waals surface area contributed by atoms with Crippen molar-refractivity contribution in [2.45, 2.75) is 33.4 Å². The average molecular weight is 289 g/mol. The van der Waals surface area contributed by atoms with Crippen molar-refractivity contribution < 1.29 is 4.74 Å². The van der Waals surface area contributed by atoms with E-state index in [1.807, 2.05) is 24.3 Å². The van der Waals surface area contributed by atoms with Gasteiger partial charge in [0.15, 0.2) is 5.96 Å². The van der Waals surface area contributed by atoms with Gasteiger partial charge < -0.3 is 15.4 Å². The first kappa shape index (κ1) is 17.1. The van der Waals surface area contributed by atoms with Crippen LogP contribution in [-0.4, -0.2) is 25.7 Å². The van der Waals surface area contributed by atoms with Gasteiger partial charge >= 0.3 is 0 Å². The van der Waals surface area contributed by atoms with Gasteiger partial charge in [-0.05, 0) is 18.9 Å². The fourth-order valence-corrected chi connectivity index (χ4v) is 1.70. The van der Waals surface area contributed by atoms with E-state index in [1.165, 1.54) is 0 Å². The second-order valence-electron chi connectivity index (χ2n) is 5.31. The molecule has 116 valence electrons. The van der Waals surface area contributed by atoms with Crippen LogP contribution < -0.4 is 15.4 Å². The number of rotatable bonds is 7. The van der Waals surface area contributed by atoms with Gasteiger partial charge in [0.1, 0.15) is 12.4 Å². The lowest BCUT2D eigenvalue weighted by Gasteiger charge is -2.21. The summed E-state index contributed by atoms with van der Waals surface area (Å²) < 4.78 is 5.65. The second kappa shape index (κ2) is 9.06. The first-order chi connectivity index (χ1) is 10.1. The van der Waals surface area contributed by atoms with Gasteiger partial charge in [-0.15, -0.1) is 0 Å². The van der Waals surface area contributed by atoms with E-state index in [0.29, 0.717) is 25.1 Å². The van der Waals surface area contributed by atoms with E-state index in [2.05, 4.69) is 43.0 Å². The summed E-state index contributed by atoms with van der Waals surface area (Å²) in [4.78, 5) is 4.25. The molecule has 4 heteroatoms. The van der Waals surface area contributed by atoms with Gasteiger partial charge in [-0.1, -0.05) is 44.7 Å². The maximum Gasteiger partial charge on any atom is 0.191 e. The minimum absolute atomic E-state index is 0.364. The molecule has 0 radical (unpaired) electrons. The third-order valence-electron chi connectivity index (χ3n) is 3.36. The van der Waals surface area contributed by atoms with E-state index in [-0.39, 0.29) is 0 Å². The smallest absolute Gasteiger partial charge is 0.191 e. The van der Waals surface area contributed by atoms with Crippen molar-refractivity contribution in [1.82, 2.24) is 10.6 Å². The highest BCUT2D eigenvalue weighted by Crippen LogP contribution is 2.17. The number of ether oxygens (including phenoxy) is 1. The van der Waals surface area contributed by atoms with Crippen LogP contribution in [0.3, 0.4) is 0 Å². The Morgan fingerprint density at radius 3 is 2.67 bits per heavy atom. The molecule has 0 aliphatic heterocycles. The first-order valence-corrected chi connectivity index (χ1v) is 7.37. The van der Waals surface area contributed by atoms with Crippen LogP contribution >= 0.6 is 0 Å². The number of hydrogen-bond acceptors (Lipinski definition) is 2. The predicted molar refractivity (Wildman–Crippen MR) is 89.8 cm³/mol. The van der Waals surface area contributed by atoms with Crippen molar-refractivity contribution in [2.24, 2.45) is 10.9 Å². The molecule has 0 aromatic heterocycles.